The van der Waals surface area contributed by atoms with Gasteiger partial charge in [-0.1, -0.05) is 37.6 Å². The number of anilines is 1. The minimum absolute atomic E-state index is 0.00269. The lowest BCUT2D eigenvalue weighted by Crippen LogP contribution is -2.26. The number of furan rings is 1. The van der Waals surface area contributed by atoms with Crippen LogP contribution in [0.5, 0.6) is 5.75 Å². The first-order chi connectivity index (χ1) is 16.0. The van der Waals surface area contributed by atoms with Gasteiger partial charge in [-0.3, -0.25) is 4.79 Å². The van der Waals surface area contributed by atoms with Crippen LogP contribution < -0.4 is 15.8 Å². The van der Waals surface area contributed by atoms with Crippen molar-refractivity contribution in [1.29, 1.82) is 0 Å². The number of unbranched alkanes of at least 4 members (excludes halogenated alkanes) is 1. The van der Waals surface area contributed by atoms with Crippen LogP contribution in [0.3, 0.4) is 0 Å². The third kappa shape index (κ3) is 5.00. The maximum atomic E-state index is 12.6. The van der Waals surface area contributed by atoms with E-state index in [9.17, 15) is 9.59 Å². The maximum absolute atomic E-state index is 12.6. The molecule has 0 radical (unpaired) electrons. The van der Waals surface area contributed by atoms with E-state index in [0.29, 0.717) is 23.6 Å². The summed E-state index contributed by atoms with van der Waals surface area (Å²) in [5, 5.41) is 7.78. The van der Waals surface area contributed by atoms with Gasteiger partial charge in [0.25, 0.3) is 5.89 Å². The molecule has 0 aliphatic heterocycles. The largest absolute Gasteiger partial charge is 0.490 e. The van der Waals surface area contributed by atoms with Crippen LogP contribution in [0.1, 0.15) is 37.8 Å². The molecule has 0 aliphatic carbocycles. The predicted molar refractivity (Wildman–Crippen MR) is 126 cm³/mol. The maximum Gasteiger partial charge on any atom is 0.437 e. The second-order valence-electron chi connectivity index (χ2n) is 7.85. The van der Waals surface area contributed by atoms with E-state index in [0.717, 1.165) is 34.9 Å². The Hall–Kier alpha value is -3.81. The van der Waals surface area contributed by atoms with Gasteiger partial charge in [0.1, 0.15) is 6.54 Å². The van der Waals surface area contributed by atoms with Crippen molar-refractivity contribution < 1.29 is 18.4 Å². The van der Waals surface area contributed by atoms with Crippen LogP contribution >= 0.6 is 0 Å². The quantitative estimate of drug-likeness (QED) is 0.389. The molecule has 0 bridgehead atoms. The minimum Gasteiger partial charge on any atom is -0.490 e. The number of amides is 1. The van der Waals surface area contributed by atoms with Gasteiger partial charge < -0.3 is 18.9 Å². The number of carbonyl (C=O) groups excluding carboxylic acids is 1. The Balaban J connectivity index is 1.49. The molecule has 172 valence electrons. The molecule has 8 heteroatoms. The second-order valence-corrected chi connectivity index (χ2v) is 7.85. The second kappa shape index (κ2) is 9.77. The first-order valence-corrected chi connectivity index (χ1v) is 11.1. The standard InChI is InChI=1S/C25H27N3O5/c1-4-6-8-17-11-12-19(16(3)13-17)26-22(29)15-28-25(30)33-24(27-28)21-14-18-9-7-10-20(31-5-2)23(18)32-21/h7,9-14H,4-6,8,15H2,1-3H3,(H,26,29). The molecule has 2 aromatic carbocycles. The molecule has 0 saturated heterocycles. The average Bonchev–Trinajstić information content (AvgIpc) is 3.38. The summed E-state index contributed by atoms with van der Waals surface area (Å²) in [5.41, 5.74) is 3.46. The van der Waals surface area contributed by atoms with E-state index >= 15 is 0 Å². The van der Waals surface area contributed by atoms with Gasteiger partial charge in [-0.05, 0) is 56.0 Å². The number of carbonyl (C=O) groups is 1. The number of ether oxygens (including phenoxy) is 1. The van der Waals surface area contributed by atoms with E-state index in [1.54, 1.807) is 12.1 Å². The number of nitrogens with zero attached hydrogens (tertiary/aromatic N) is 2. The Labute approximate surface area is 191 Å². The van der Waals surface area contributed by atoms with Crippen molar-refractivity contribution >= 4 is 22.6 Å². The smallest absolute Gasteiger partial charge is 0.437 e. The van der Waals surface area contributed by atoms with Crippen molar-refractivity contribution in [3.63, 3.8) is 0 Å². The van der Waals surface area contributed by atoms with Crippen molar-refractivity contribution in [2.45, 2.75) is 46.6 Å². The summed E-state index contributed by atoms with van der Waals surface area (Å²) in [6, 6.07) is 13.2. The SMILES string of the molecule is CCCCc1ccc(NC(=O)Cn2nc(-c3cc4cccc(OCC)c4o3)oc2=O)c(C)c1. The highest BCUT2D eigenvalue weighted by molar-refractivity contribution is 5.91. The van der Waals surface area contributed by atoms with E-state index in [1.165, 1.54) is 5.56 Å². The van der Waals surface area contributed by atoms with Gasteiger partial charge in [0.2, 0.25) is 5.91 Å². The Morgan fingerprint density at radius 1 is 1.15 bits per heavy atom. The molecule has 2 heterocycles. The molecule has 4 aromatic rings. The first kappa shape index (κ1) is 22.4. The third-order valence-electron chi connectivity index (χ3n) is 5.30. The van der Waals surface area contributed by atoms with Crippen LogP contribution in [-0.2, 0) is 17.8 Å². The molecular formula is C25H27N3O5. The van der Waals surface area contributed by atoms with Crippen molar-refractivity contribution in [1.82, 2.24) is 9.78 Å². The van der Waals surface area contributed by atoms with Crippen LogP contribution in [0.4, 0.5) is 5.69 Å². The lowest BCUT2D eigenvalue weighted by Gasteiger charge is -2.10. The fraction of sp³-hybridized carbons (Fsp3) is 0.320. The van der Waals surface area contributed by atoms with Crippen molar-refractivity contribution in [2.24, 2.45) is 0 Å². The zero-order valence-corrected chi connectivity index (χ0v) is 19.0. The molecule has 2 aromatic heterocycles. The van der Waals surface area contributed by atoms with Gasteiger partial charge in [-0.15, -0.1) is 5.10 Å². The average molecular weight is 450 g/mol. The molecule has 1 amide bonds. The fourth-order valence-corrected chi connectivity index (χ4v) is 3.64. The Kier molecular flexibility index (Phi) is 6.63. The molecule has 0 aliphatic rings. The highest BCUT2D eigenvalue weighted by Crippen LogP contribution is 2.32. The van der Waals surface area contributed by atoms with E-state index in [-0.39, 0.29) is 24.1 Å². The van der Waals surface area contributed by atoms with Gasteiger partial charge in [-0.2, -0.15) is 4.68 Å². The number of fused-ring (bicyclic) bond motifs is 1. The molecule has 0 spiro atoms. The molecule has 8 nitrogen and oxygen atoms in total. The van der Waals surface area contributed by atoms with Crippen LogP contribution in [0.25, 0.3) is 22.6 Å². The van der Waals surface area contributed by atoms with Crippen LogP contribution in [0.15, 0.2) is 56.1 Å². The van der Waals surface area contributed by atoms with Gasteiger partial charge in [-0.25, -0.2) is 4.79 Å². The molecule has 33 heavy (non-hydrogen) atoms. The predicted octanol–water partition coefficient (Wildman–Crippen LogP) is 4.94. The first-order valence-electron chi connectivity index (χ1n) is 11.1. The number of nitrogens with one attached hydrogen (secondary N) is 1. The topological polar surface area (TPSA) is 99.5 Å². The Morgan fingerprint density at radius 2 is 2.00 bits per heavy atom. The summed E-state index contributed by atoms with van der Waals surface area (Å²) in [6.45, 7) is 6.21. The Morgan fingerprint density at radius 3 is 2.76 bits per heavy atom. The monoisotopic (exact) mass is 449 g/mol. The molecule has 0 atom stereocenters. The molecule has 4 rings (SSSR count). The lowest BCUT2D eigenvalue weighted by atomic mass is 10.0. The number of aryl methyl sites for hydroxylation is 2. The fourth-order valence-electron chi connectivity index (χ4n) is 3.64. The molecule has 0 fully saturated rings. The van der Waals surface area contributed by atoms with Gasteiger partial charge >= 0.3 is 5.76 Å². The van der Waals surface area contributed by atoms with Gasteiger partial charge in [0.05, 0.1) is 6.61 Å². The zero-order valence-electron chi connectivity index (χ0n) is 19.0. The summed E-state index contributed by atoms with van der Waals surface area (Å²) < 4.78 is 17.6. The number of aromatic nitrogens is 2. The number of hydrogen-bond donors (Lipinski definition) is 1. The number of para-hydroxylation sites is 1. The summed E-state index contributed by atoms with van der Waals surface area (Å²) in [7, 11) is 0. The van der Waals surface area contributed by atoms with E-state index in [4.69, 9.17) is 13.6 Å². The van der Waals surface area contributed by atoms with Crippen LogP contribution in [0.2, 0.25) is 0 Å². The van der Waals surface area contributed by atoms with Gasteiger partial charge in [0, 0.05) is 11.1 Å². The molecule has 0 saturated carbocycles. The minimum atomic E-state index is -0.739. The normalized spacial score (nSPS) is 11.1. The summed E-state index contributed by atoms with van der Waals surface area (Å²) >= 11 is 0. The molecule has 1 N–H and O–H groups in total. The number of rotatable bonds is 9. The third-order valence-corrected chi connectivity index (χ3v) is 5.30. The number of hydrogen-bond acceptors (Lipinski definition) is 6. The number of benzene rings is 2. The van der Waals surface area contributed by atoms with E-state index in [2.05, 4.69) is 23.4 Å². The van der Waals surface area contributed by atoms with Crippen molar-refractivity contribution in [2.75, 3.05) is 11.9 Å². The summed E-state index contributed by atoms with van der Waals surface area (Å²) in [6.07, 6.45) is 3.27. The highest BCUT2D eigenvalue weighted by atomic mass is 16.5. The van der Waals surface area contributed by atoms with E-state index in [1.807, 2.05) is 38.1 Å². The summed E-state index contributed by atoms with van der Waals surface area (Å²) in [5.74, 6) is -0.227. The van der Waals surface area contributed by atoms with Crippen molar-refractivity contribution in [3.05, 3.63) is 64.1 Å². The van der Waals surface area contributed by atoms with Crippen LogP contribution in [0, 0.1) is 6.92 Å². The molecular weight excluding hydrogens is 422 g/mol. The summed E-state index contributed by atoms with van der Waals surface area (Å²) in [4.78, 5) is 24.8. The van der Waals surface area contributed by atoms with Crippen LogP contribution in [-0.4, -0.2) is 22.3 Å². The van der Waals surface area contributed by atoms with E-state index < -0.39 is 5.76 Å². The lowest BCUT2D eigenvalue weighted by molar-refractivity contribution is -0.117. The molecule has 0 unspecified atom stereocenters. The highest BCUT2D eigenvalue weighted by Gasteiger charge is 2.18. The van der Waals surface area contributed by atoms with Gasteiger partial charge in [0.15, 0.2) is 17.1 Å². The van der Waals surface area contributed by atoms with Crippen molar-refractivity contribution in [3.8, 4) is 17.4 Å². The Bertz CT molecular complexity index is 1330. The zero-order chi connectivity index (χ0) is 23.4.